The minimum absolute atomic E-state index is 0.878. The zero-order chi connectivity index (χ0) is 11.5. The summed E-state index contributed by atoms with van der Waals surface area (Å²) in [5.41, 5.74) is 0. The first-order chi connectivity index (χ1) is 7.66. The van der Waals surface area contributed by atoms with Gasteiger partial charge in [0.15, 0.2) is 0 Å². The summed E-state index contributed by atoms with van der Waals surface area (Å²) >= 11 is 0. The lowest BCUT2D eigenvalue weighted by molar-refractivity contribution is 0.135. The minimum Gasteiger partial charge on any atom is -0.316 e. The van der Waals surface area contributed by atoms with Gasteiger partial charge in [0, 0.05) is 6.54 Å². The summed E-state index contributed by atoms with van der Waals surface area (Å²) in [6, 6.07) is 0. The Morgan fingerprint density at radius 3 is 2.38 bits per heavy atom. The van der Waals surface area contributed by atoms with Crippen molar-refractivity contribution in [3.8, 4) is 0 Å². The smallest absolute Gasteiger partial charge is 0.00248 e. The third-order valence-corrected chi connectivity index (χ3v) is 4.75. The van der Waals surface area contributed by atoms with E-state index >= 15 is 0 Å². The van der Waals surface area contributed by atoms with Gasteiger partial charge in [-0.1, -0.05) is 20.8 Å². The van der Waals surface area contributed by atoms with Gasteiger partial charge in [0.25, 0.3) is 0 Å². The van der Waals surface area contributed by atoms with E-state index in [0.717, 1.165) is 23.7 Å². The van der Waals surface area contributed by atoms with Gasteiger partial charge < -0.3 is 10.2 Å². The molecule has 2 saturated heterocycles. The van der Waals surface area contributed by atoms with Crippen LogP contribution >= 0.6 is 0 Å². The molecular formula is C14H28N2. The Labute approximate surface area is 101 Å². The topological polar surface area (TPSA) is 15.3 Å². The molecule has 0 aromatic carbocycles. The molecule has 16 heavy (non-hydrogen) atoms. The molecule has 0 bridgehead atoms. The SMILES string of the molecule is CC(C)C1CCN(C[C@@H]2CNC[C@H]2C)CC1. The van der Waals surface area contributed by atoms with Gasteiger partial charge in [0.05, 0.1) is 0 Å². The Morgan fingerprint density at radius 2 is 1.88 bits per heavy atom. The van der Waals surface area contributed by atoms with Crippen LogP contribution in [0.3, 0.4) is 0 Å². The van der Waals surface area contributed by atoms with Crippen molar-refractivity contribution >= 4 is 0 Å². The number of piperidine rings is 1. The second-order valence-corrected chi connectivity index (χ2v) is 6.28. The van der Waals surface area contributed by atoms with Crippen molar-refractivity contribution in [2.24, 2.45) is 23.7 Å². The first-order valence-corrected chi connectivity index (χ1v) is 7.10. The van der Waals surface area contributed by atoms with Crippen LogP contribution in [0.15, 0.2) is 0 Å². The summed E-state index contributed by atoms with van der Waals surface area (Å²) in [6.07, 6.45) is 2.85. The second-order valence-electron chi connectivity index (χ2n) is 6.28. The molecule has 2 heterocycles. The van der Waals surface area contributed by atoms with Crippen molar-refractivity contribution in [3.05, 3.63) is 0 Å². The predicted octanol–water partition coefficient (Wildman–Crippen LogP) is 2.21. The number of nitrogens with one attached hydrogen (secondary N) is 1. The Bertz CT molecular complexity index is 207. The molecule has 0 aromatic rings. The number of hydrogen-bond donors (Lipinski definition) is 1. The third-order valence-electron chi connectivity index (χ3n) is 4.75. The van der Waals surface area contributed by atoms with Crippen molar-refractivity contribution < 1.29 is 0 Å². The molecule has 2 atom stereocenters. The van der Waals surface area contributed by atoms with E-state index in [9.17, 15) is 0 Å². The van der Waals surface area contributed by atoms with Crippen LogP contribution in [-0.2, 0) is 0 Å². The first-order valence-electron chi connectivity index (χ1n) is 7.10. The maximum Gasteiger partial charge on any atom is 0.00248 e. The summed E-state index contributed by atoms with van der Waals surface area (Å²) < 4.78 is 0. The lowest BCUT2D eigenvalue weighted by Crippen LogP contribution is -2.39. The Kier molecular flexibility index (Phi) is 4.26. The van der Waals surface area contributed by atoms with Gasteiger partial charge in [-0.3, -0.25) is 0 Å². The number of likely N-dealkylation sites (tertiary alicyclic amines) is 1. The fourth-order valence-corrected chi connectivity index (χ4v) is 3.24. The number of hydrogen-bond acceptors (Lipinski definition) is 2. The van der Waals surface area contributed by atoms with Gasteiger partial charge in [0.1, 0.15) is 0 Å². The molecule has 0 amide bonds. The molecular weight excluding hydrogens is 196 g/mol. The highest BCUT2D eigenvalue weighted by molar-refractivity contribution is 4.83. The van der Waals surface area contributed by atoms with Crippen molar-refractivity contribution in [2.45, 2.75) is 33.6 Å². The van der Waals surface area contributed by atoms with Crippen LogP contribution in [0.5, 0.6) is 0 Å². The van der Waals surface area contributed by atoms with Crippen LogP contribution in [0.2, 0.25) is 0 Å². The molecule has 1 N–H and O–H groups in total. The molecule has 0 aromatic heterocycles. The zero-order valence-electron chi connectivity index (χ0n) is 11.2. The van der Waals surface area contributed by atoms with Crippen molar-refractivity contribution in [3.63, 3.8) is 0 Å². The van der Waals surface area contributed by atoms with Gasteiger partial charge in [-0.05, 0) is 62.7 Å². The molecule has 0 aliphatic carbocycles. The van der Waals surface area contributed by atoms with E-state index in [1.54, 1.807) is 0 Å². The number of rotatable bonds is 3. The van der Waals surface area contributed by atoms with Crippen LogP contribution in [0.1, 0.15) is 33.6 Å². The monoisotopic (exact) mass is 224 g/mol. The molecule has 2 heteroatoms. The van der Waals surface area contributed by atoms with Crippen LogP contribution in [0.4, 0.5) is 0 Å². The molecule has 94 valence electrons. The highest BCUT2D eigenvalue weighted by Crippen LogP contribution is 2.26. The molecule has 2 aliphatic rings. The van der Waals surface area contributed by atoms with E-state index in [4.69, 9.17) is 0 Å². The van der Waals surface area contributed by atoms with Crippen molar-refractivity contribution in [1.29, 1.82) is 0 Å². The van der Waals surface area contributed by atoms with Crippen LogP contribution < -0.4 is 5.32 Å². The molecule has 0 spiro atoms. The molecule has 2 fully saturated rings. The highest BCUT2D eigenvalue weighted by Gasteiger charge is 2.27. The van der Waals surface area contributed by atoms with Crippen LogP contribution in [0, 0.1) is 23.7 Å². The van der Waals surface area contributed by atoms with E-state index in [1.165, 1.54) is 45.6 Å². The van der Waals surface area contributed by atoms with Crippen LogP contribution in [-0.4, -0.2) is 37.6 Å². The van der Waals surface area contributed by atoms with Gasteiger partial charge >= 0.3 is 0 Å². The summed E-state index contributed by atoms with van der Waals surface area (Å²) in [7, 11) is 0. The van der Waals surface area contributed by atoms with Crippen molar-refractivity contribution in [2.75, 3.05) is 32.7 Å². The zero-order valence-corrected chi connectivity index (χ0v) is 11.2. The quantitative estimate of drug-likeness (QED) is 0.791. The molecule has 2 rings (SSSR count). The molecule has 0 saturated carbocycles. The minimum atomic E-state index is 0.878. The first kappa shape index (κ1) is 12.4. The summed E-state index contributed by atoms with van der Waals surface area (Å²) in [5, 5.41) is 3.51. The Balaban J connectivity index is 1.72. The summed E-state index contributed by atoms with van der Waals surface area (Å²) in [5.74, 6) is 3.64. The molecule has 2 aliphatic heterocycles. The second kappa shape index (κ2) is 5.50. The van der Waals surface area contributed by atoms with Crippen LogP contribution in [0.25, 0.3) is 0 Å². The maximum absolute atomic E-state index is 3.51. The highest BCUT2D eigenvalue weighted by atomic mass is 15.1. The standard InChI is InChI=1S/C14H28N2/c1-11(2)13-4-6-16(7-5-13)10-14-9-15-8-12(14)3/h11-15H,4-10H2,1-3H3/t12-,14+/m1/s1. The van der Waals surface area contributed by atoms with Gasteiger partial charge in [0.2, 0.25) is 0 Å². The lowest BCUT2D eigenvalue weighted by atomic mass is 9.86. The number of nitrogens with zero attached hydrogens (tertiary/aromatic N) is 1. The molecule has 2 nitrogen and oxygen atoms in total. The molecule has 0 radical (unpaired) electrons. The average molecular weight is 224 g/mol. The van der Waals surface area contributed by atoms with E-state index in [-0.39, 0.29) is 0 Å². The van der Waals surface area contributed by atoms with E-state index in [2.05, 4.69) is 31.0 Å². The largest absolute Gasteiger partial charge is 0.316 e. The normalized spacial score (nSPS) is 33.8. The predicted molar refractivity (Wildman–Crippen MR) is 69.5 cm³/mol. The Morgan fingerprint density at radius 1 is 1.19 bits per heavy atom. The summed E-state index contributed by atoms with van der Waals surface area (Å²) in [6.45, 7) is 13.6. The fraction of sp³-hybridized carbons (Fsp3) is 1.00. The Hall–Kier alpha value is -0.0800. The maximum atomic E-state index is 3.51. The lowest BCUT2D eigenvalue weighted by Gasteiger charge is -2.35. The fourth-order valence-electron chi connectivity index (χ4n) is 3.24. The average Bonchev–Trinajstić information content (AvgIpc) is 2.65. The van der Waals surface area contributed by atoms with E-state index in [1.807, 2.05) is 0 Å². The van der Waals surface area contributed by atoms with Gasteiger partial charge in [-0.15, -0.1) is 0 Å². The summed E-state index contributed by atoms with van der Waals surface area (Å²) in [4.78, 5) is 2.70. The van der Waals surface area contributed by atoms with E-state index in [0.29, 0.717) is 0 Å². The van der Waals surface area contributed by atoms with Crippen molar-refractivity contribution in [1.82, 2.24) is 10.2 Å². The van der Waals surface area contributed by atoms with Gasteiger partial charge in [-0.25, -0.2) is 0 Å². The molecule has 0 unspecified atom stereocenters. The van der Waals surface area contributed by atoms with E-state index < -0.39 is 0 Å². The third kappa shape index (κ3) is 2.98. The van der Waals surface area contributed by atoms with Gasteiger partial charge in [-0.2, -0.15) is 0 Å².